The summed E-state index contributed by atoms with van der Waals surface area (Å²) in [5.74, 6) is 1.75. The van der Waals surface area contributed by atoms with E-state index >= 15 is 0 Å². The molecule has 63 heavy (non-hydrogen) atoms. The average Bonchev–Trinajstić information content (AvgIpc) is 4.03. The van der Waals surface area contributed by atoms with Crippen LogP contribution in [0.15, 0.2) is 205 Å². The summed E-state index contributed by atoms with van der Waals surface area (Å²) >= 11 is 0. The lowest BCUT2D eigenvalue weighted by Gasteiger charge is -2.16. The summed E-state index contributed by atoms with van der Waals surface area (Å²) in [5, 5.41) is 12.0. The van der Waals surface area contributed by atoms with Crippen LogP contribution in [-0.2, 0) is 0 Å². The van der Waals surface area contributed by atoms with Crippen molar-refractivity contribution in [3.63, 3.8) is 0 Å². The van der Waals surface area contributed by atoms with Crippen molar-refractivity contribution in [1.82, 2.24) is 24.1 Å². The first kappa shape index (κ1) is 34.1. The van der Waals surface area contributed by atoms with E-state index in [1.54, 1.807) is 0 Å². The summed E-state index contributed by atoms with van der Waals surface area (Å²) < 4.78 is 11.9. The predicted octanol–water partition coefficient (Wildman–Crippen LogP) is 14.7. The van der Waals surface area contributed by atoms with Gasteiger partial charge in [-0.2, -0.15) is 0 Å². The average molecular weight is 804 g/mol. The quantitative estimate of drug-likeness (QED) is 0.163. The molecule has 0 fully saturated rings. The predicted molar refractivity (Wildman–Crippen MR) is 258 cm³/mol. The number of benzene rings is 10. The van der Waals surface area contributed by atoms with Gasteiger partial charge in [0.2, 0.25) is 0 Å². The zero-order valence-corrected chi connectivity index (χ0v) is 33.7. The fourth-order valence-electron chi connectivity index (χ4n) is 10.3. The van der Waals surface area contributed by atoms with E-state index in [0.29, 0.717) is 17.5 Å². The normalized spacial score (nSPS) is 12.1. The highest BCUT2D eigenvalue weighted by Gasteiger charge is 2.26. The Kier molecular flexibility index (Phi) is 7.02. The lowest BCUT2D eigenvalue weighted by molar-refractivity contribution is 0.669. The fourth-order valence-corrected chi connectivity index (χ4v) is 10.3. The summed E-state index contributed by atoms with van der Waals surface area (Å²) in [6.07, 6.45) is 0. The Bertz CT molecular complexity index is 4000. The van der Waals surface area contributed by atoms with Gasteiger partial charge in [-0.3, -0.25) is 0 Å². The number of rotatable bonds is 5. The maximum atomic E-state index is 6.95. The molecule has 0 amide bonds. The van der Waals surface area contributed by atoms with Crippen LogP contribution >= 0.6 is 0 Å². The summed E-state index contributed by atoms with van der Waals surface area (Å²) in [6, 6.07) is 70.7. The molecule has 10 aromatic carbocycles. The molecule has 6 nitrogen and oxygen atoms in total. The van der Waals surface area contributed by atoms with Crippen molar-refractivity contribution >= 4 is 87.1 Å². The van der Waals surface area contributed by atoms with E-state index in [9.17, 15) is 0 Å². The molecule has 0 aliphatic rings. The van der Waals surface area contributed by atoms with Crippen molar-refractivity contribution in [2.75, 3.05) is 0 Å². The van der Waals surface area contributed by atoms with Crippen LogP contribution in [0.4, 0.5) is 0 Å². The fraction of sp³-hybridized carbons (Fsp3) is 0. The Morgan fingerprint density at radius 2 is 0.825 bits per heavy atom. The third kappa shape index (κ3) is 4.80. The van der Waals surface area contributed by atoms with Crippen LogP contribution in [0.5, 0.6) is 0 Å². The first-order chi connectivity index (χ1) is 31.3. The molecule has 292 valence electrons. The van der Waals surface area contributed by atoms with E-state index in [1.165, 1.54) is 54.1 Å². The van der Waals surface area contributed by atoms with Crippen LogP contribution in [-0.4, -0.2) is 24.1 Å². The van der Waals surface area contributed by atoms with Gasteiger partial charge in [-0.05, 0) is 64.0 Å². The third-order valence-electron chi connectivity index (χ3n) is 12.9. The number of para-hydroxylation sites is 3. The van der Waals surface area contributed by atoms with Crippen LogP contribution in [0.1, 0.15) is 0 Å². The second kappa shape index (κ2) is 12.9. The summed E-state index contributed by atoms with van der Waals surface area (Å²) in [4.78, 5) is 15.3. The number of hydrogen-bond acceptors (Lipinski definition) is 4. The first-order valence-corrected chi connectivity index (χ1v) is 21.3. The van der Waals surface area contributed by atoms with Gasteiger partial charge in [0.15, 0.2) is 17.5 Å². The number of furan rings is 1. The minimum absolute atomic E-state index is 0.546. The molecule has 14 aromatic rings. The Morgan fingerprint density at radius 3 is 1.49 bits per heavy atom. The summed E-state index contributed by atoms with van der Waals surface area (Å²) in [7, 11) is 0. The molecule has 0 unspecified atom stereocenters. The van der Waals surface area contributed by atoms with Crippen molar-refractivity contribution in [3.05, 3.63) is 200 Å². The van der Waals surface area contributed by atoms with Crippen LogP contribution < -0.4 is 0 Å². The van der Waals surface area contributed by atoms with Gasteiger partial charge in [0, 0.05) is 38.1 Å². The Balaban J connectivity index is 1.10. The second-order valence-electron chi connectivity index (χ2n) is 16.3. The van der Waals surface area contributed by atoms with E-state index in [-0.39, 0.29) is 0 Å². The van der Waals surface area contributed by atoms with Gasteiger partial charge in [-0.1, -0.05) is 158 Å². The largest absolute Gasteiger partial charge is 0.455 e. The summed E-state index contributed by atoms with van der Waals surface area (Å²) in [5.41, 5.74) is 10.8. The van der Waals surface area contributed by atoms with Crippen molar-refractivity contribution in [1.29, 1.82) is 0 Å². The highest BCUT2D eigenvalue weighted by Crippen LogP contribution is 2.47. The van der Waals surface area contributed by atoms with Gasteiger partial charge < -0.3 is 13.6 Å². The van der Waals surface area contributed by atoms with Crippen molar-refractivity contribution in [2.45, 2.75) is 0 Å². The van der Waals surface area contributed by atoms with Gasteiger partial charge in [-0.25, -0.2) is 15.0 Å². The topological polar surface area (TPSA) is 61.7 Å². The number of nitrogens with zero attached hydrogens (tertiary/aromatic N) is 5. The van der Waals surface area contributed by atoms with Gasteiger partial charge in [0.25, 0.3) is 0 Å². The Labute approximate surface area is 359 Å². The van der Waals surface area contributed by atoms with Crippen LogP contribution in [0.3, 0.4) is 0 Å². The zero-order chi connectivity index (χ0) is 41.2. The molecule has 0 aliphatic carbocycles. The molecule has 0 saturated heterocycles. The molecular formula is C57H33N5O. The van der Waals surface area contributed by atoms with Crippen LogP contribution in [0.2, 0.25) is 0 Å². The van der Waals surface area contributed by atoms with E-state index < -0.39 is 0 Å². The van der Waals surface area contributed by atoms with Crippen molar-refractivity contribution < 1.29 is 4.42 Å². The van der Waals surface area contributed by atoms with Gasteiger partial charge in [0.1, 0.15) is 11.2 Å². The SMILES string of the molecule is c1ccc(-c2nc(-c3ccccc3)nc(-c3ccc(-n4c5ccccc5c5cccc(-n6c7cccc8c9ccccc9c9cccc6c9c87)c54)c4c3oc3ccccc34)n2)cc1. The smallest absolute Gasteiger partial charge is 0.167 e. The van der Waals surface area contributed by atoms with Crippen LogP contribution in [0, 0.1) is 0 Å². The molecule has 0 aliphatic heterocycles. The van der Waals surface area contributed by atoms with E-state index in [2.05, 4.69) is 137 Å². The minimum atomic E-state index is 0.546. The maximum Gasteiger partial charge on any atom is 0.167 e. The minimum Gasteiger partial charge on any atom is -0.455 e. The van der Waals surface area contributed by atoms with Crippen molar-refractivity contribution in [3.8, 4) is 45.5 Å². The number of aromatic nitrogens is 5. The van der Waals surface area contributed by atoms with Crippen LogP contribution in [0.25, 0.3) is 133 Å². The Hall–Kier alpha value is -8.61. The second-order valence-corrected chi connectivity index (χ2v) is 16.3. The third-order valence-corrected chi connectivity index (χ3v) is 12.9. The highest BCUT2D eigenvalue weighted by molar-refractivity contribution is 6.34. The Morgan fingerprint density at radius 1 is 0.317 bits per heavy atom. The lowest BCUT2D eigenvalue weighted by atomic mass is 9.95. The molecule has 0 saturated carbocycles. The van der Waals surface area contributed by atoms with Crippen molar-refractivity contribution in [2.24, 2.45) is 0 Å². The van der Waals surface area contributed by atoms with Gasteiger partial charge in [-0.15, -0.1) is 0 Å². The molecule has 6 heteroatoms. The molecule has 0 radical (unpaired) electrons. The lowest BCUT2D eigenvalue weighted by Crippen LogP contribution is -2.02. The molecule has 0 bridgehead atoms. The molecule has 4 heterocycles. The van der Waals surface area contributed by atoms with Gasteiger partial charge >= 0.3 is 0 Å². The highest BCUT2D eigenvalue weighted by atomic mass is 16.3. The molecule has 4 aromatic heterocycles. The monoisotopic (exact) mass is 803 g/mol. The van der Waals surface area contributed by atoms with E-state index in [0.717, 1.165) is 61.0 Å². The first-order valence-electron chi connectivity index (χ1n) is 21.3. The van der Waals surface area contributed by atoms with E-state index in [4.69, 9.17) is 19.4 Å². The maximum absolute atomic E-state index is 6.95. The zero-order valence-electron chi connectivity index (χ0n) is 33.7. The molecule has 0 spiro atoms. The van der Waals surface area contributed by atoms with E-state index in [1.807, 2.05) is 72.8 Å². The number of hydrogen-bond donors (Lipinski definition) is 0. The standard InChI is InChI=1S/C57H33N5O/c1-3-16-34(17-4-1)55-58-56(35-18-5-2-6-19-35)60-57(59-55)43-32-33-47(52-42-23-10-12-31-49(42)63-54(43)52)62-44-27-11-9-22-38(44)41-26-15-30-48(53(41)62)61-45-28-13-24-39-36-20-7-8-21-37(36)40-25-14-29-46(61)51(40)50(39)45/h1-33H. The summed E-state index contributed by atoms with van der Waals surface area (Å²) in [6.45, 7) is 0. The van der Waals surface area contributed by atoms with Gasteiger partial charge in [0.05, 0.1) is 44.4 Å². The molecule has 0 N–H and O–H groups in total. The molecule has 0 atom stereocenters. The molecular weight excluding hydrogens is 771 g/mol. The molecule has 14 rings (SSSR count). The number of fused-ring (bicyclic) bond motifs is 9.